The van der Waals surface area contributed by atoms with Crippen molar-refractivity contribution in [2.24, 2.45) is 0 Å². The second-order valence-electron chi connectivity index (χ2n) is 1.96. The van der Waals surface area contributed by atoms with Crippen LogP contribution in [0.15, 0.2) is 27.4 Å². The summed E-state index contributed by atoms with van der Waals surface area (Å²) in [6.07, 6.45) is 3.03. The zero-order chi connectivity index (χ0) is 7.68. The maximum atomic E-state index is 5.21. The number of aromatic nitrogens is 2. The molecule has 5 nitrogen and oxygen atoms in total. The highest BCUT2D eigenvalue weighted by atomic mass is 16.4. The molecular weight excluding hydrogens is 146 g/mol. The first-order chi connectivity index (χ1) is 5.36. The van der Waals surface area contributed by atoms with Crippen LogP contribution in [0.1, 0.15) is 0 Å². The van der Waals surface area contributed by atoms with Crippen LogP contribution in [-0.4, -0.2) is 10.2 Å². The molecule has 0 aliphatic heterocycles. The fourth-order valence-corrected chi connectivity index (χ4v) is 0.737. The van der Waals surface area contributed by atoms with Crippen molar-refractivity contribution in [1.82, 2.24) is 10.2 Å². The van der Waals surface area contributed by atoms with Crippen LogP contribution in [0, 0.1) is 0 Å². The Bertz CT molecular complexity index is 338. The van der Waals surface area contributed by atoms with Gasteiger partial charge in [0.25, 0.3) is 5.89 Å². The maximum Gasteiger partial charge on any atom is 0.313 e. The van der Waals surface area contributed by atoms with Gasteiger partial charge >= 0.3 is 6.01 Å². The van der Waals surface area contributed by atoms with E-state index in [2.05, 4.69) is 10.2 Å². The zero-order valence-electron chi connectivity index (χ0n) is 5.52. The van der Waals surface area contributed by atoms with Crippen LogP contribution in [0.4, 0.5) is 6.01 Å². The summed E-state index contributed by atoms with van der Waals surface area (Å²) in [6, 6.07) is 1.77. The summed E-state index contributed by atoms with van der Waals surface area (Å²) in [4.78, 5) is 0. The predicted octanol–water partition coefficient (Wildman–Crippen LogP) is 0.912. The lowest BCUT2D eigenvalue weighted by Gasteiger charge is -1.81. The third kappa shape index (κ3) is 0.958. The second-order valence-corrected chi connectivity index (χ2v) is 1.96. The Hall–Kier alpha value is -1.78. The fourth-order valence-electron chi connectivity index (χ4n) is 0.737. The van der Waals surface area contributed by atoms with Crippen LogP contribution in [0.2, 0.25) is 0 Å². The molecule has 0 fully saturated rings. The van der Waals surface area contributed by atoms with Crippen molar-refractivity contribution in [3.05, 3.63) is 18.6 Å². The molecule has 0 bridgehead atoms. The van der Waals surface area contributed by atoms with Gasteiger partial charge in [-0.2, -0.15) is 0 Å². The van der Waals surface area contributed by atoms with Crippen molar-refractivity contribution in [2.45, 2.75) is 0 Å². The molecule has 2 heterocycles. The molecule has 2 aromatic rings. The Morgan fingerprint density at radius 3 is 2.82 bits per heavy atom. The minimum atomic E-state index is 0.0567. The van der Waals surface area contributed by atoms with Crippen molar-refractivity contribution in [3.63, 3.8) is 0 Å². The molecule has 2 rings (SSSR count). The van der Waals surface area contributed by atoms with Crippen molar-refractivity contribution < 1.29 is 8.83 Å². The first kappa shape index (κ1) is 5.96. The molecule has 11 heavy (non-hydrogen) atoms. The van der Waals surface area contributed by atoms with E-state index in [1.54, 1.807) is 6.07 Å². The summed E-state index contributed by atoms with van der Waals surface area (Å²) < 4.78 is 9.73. The standard InChI is InChI=1S/C6H5N3O2/c7-6-9-8-5(11-6)4-1-2-10-3-4/h1-3H,(H2,7,9). The summed E-state index contributed by atoms with van der Waals surface area (Å²) in [5, 5.41) is 7.15. The van der Waals surface area contributed by atoms with Gasteiger partial charge in [0.2, 0.25) is 0 Å². The molecule has 0 saturated heterocycles. The monoisotopic (exact) mass is 151 g/mol. The molecule has 0 aromatic carbocycles. The van der Waals surface area contributed by atoms with E-state index in [1.165, 1.54) is 12.5 Å². The molecule has 0 radical (unpaired) electrons. The average Bonchev–Trinajstić information content (AvgIpc) is 2.55. The van der Waals surface area contributed by atoms with Crippen molar-refractivity contribution in [2.75, 3.05) is 5.73 Å². The Balaban J connectivity index is 2.45. The number of furan rings is 1. The van der Waals surface area contributed by atoms with Crippen molar-refractivity contribution >= 4 is 6.01 Å². The van der Waals surface area contributed by atoms with Crippen LogP contribution in [0.5, 0.6) is 0 Å². The Morgan fingerprint density at radius 1 is 1.36 bits per heavy atom. The zero-order valence-corrected chi connectivity index (χ0v) is 5.52. The van der Waals surface area contributed by atoms with E-state index in [-0.39, 0.29) is 6.01 Å². The highest BCUT2D eigenvalue weighted by Crippen LogP contribution is 2.17. The Morgan fingerprint density at radius 2 is 2.27 bits per heavy atom. The molecule has 0 unspecified atom stereocenters. The molecule has 0 aliphatic rings. The number of nitrogens with two attached hydrogens (primary N) is 1. The average molecular weight is 151 g/mol. The van der Waals surface area contributed by atoms with E-state index < -0.39 is 0 Å². The van der Waals surface area contributed by atoms with Gasteiger partial charge in [-0.15, -0.1) is 5.10 Å². The van der Waals surface area contributed by atoms with Crippen LogP contribution in [-0.2, 0) is 0 Å². The van der Waals surface area contributed by atoms with Crippen molar-refractivity contribution in [1.29, 1.82) is 0 Å². The molecule has 0 amide bonds. The molecule has 0 aliphatic carbocycles. The smallest absolute Gasteiger partial charge is 0.313 e. The van der Waals surface area contributed by atoms with E-state index >= 15 is 0 Å². The van der Waals surface area contributed by atoms with Gasteiger partial charge in [0.05, 0.1) is 11.8 Å². The number of rotatable bonds is 1. The van der Waals surface area contributed by atoms with Gasteiger partial charge in [0, 0.05) is 0 Å². The van der Waals surface area contributed by atoms with E-state index in [0.29, 0.717) is 5.89 Å². The molecule has 0 saturated carbocycles. The molecule has 2 aromatic heterocycles. The minimum Gasteiger partial charge on any atom is -0.472 e. The Labute approximate surface area is 61.8 Å². The van der Waals surface area contributed by atoms with Crippen LogP contribution < -0.4 is 5.73 Å². The van der Waals surface area contributed by atoms with Crippen LogP contribution >= 0.6 is 0 Å². The molecule has 0 spiro atoms. The minimum absolute atomic E-state index is 0.0567. The highest BCUT2D eigenvalue weighted by molar-refractivity contribution is 5.50. The number of hydrogen-bond donors (Lipinski definition) is 1. The quantitative estimate of drug-likeness (QED) is 0.655. The highest BCUT2D eigenvalue weighted by Gasteiger charge is 2.05. The summed E-state index contributed by atoms with van der Waals surface area (Å²) in [7, 11) is 0. The summed E-state index contributed by atoms with van der Waals surface area (Å²) in [5.74, 6) is 0.372. The van der Waals surface area contributed by atoms with Crippen LogP contribution in [0.25, 0.3) is 11.5 Å². The van der Waals surface area contributed by atoms with E-state index in [4.69, 9.17) is 14.6 Å². The normalized spacial score (nSPS) is 10.2. The predicted molar refractivity (Wildman–Crippen MR) is 36.4 cm³/mol. The molecule has 0 atom stereocenters. The summed E-state index contributed by atoms with van der Waals surface area (Å²) in [5.41, 5.74) is 5.94. The second kappa shape index (κ2) is 2.12. The van der Waals surface area contributed by atoms with Gasteiger partial charge in [-0.25, -0.2) is 0 Å². The number of nitrogen functional groups attached to an aromatic ring is 1. The molecule has 5 heteroatoms. The number of hydrogen-bond acceptors (Lipinski definition) is 5. The van der Waals surface area contributed by atoms with Gasteiger partial charge in [0.15, 0.2) is 0 Å². The van der Waals surface area contributed by atoms with E-state index in [0.717, 1.165) is 5.56 Å². The molecule has 56 valence electrons. The lowest BCUT2D eigenvalue weighted by atomic mass is 10.3. The van der Waals surface area contributed by atoms with Gasteiger partial charge in [-0.05, 0) is 6.07 Å². The summed E-state index contributed by atoms with van der Waals surface area (Å²) >= 11 is 0. The lowest BCUT2D eigenvalue weighted by molar-refractivity contribution is 0.561. The van der Waals surface area contributed by atoms with Gasteiger partial charge in [-0.1, -0.05) is 5.10 Å². The first-order valence-electron chi connectivity index (χ1n) is 2.98. The Kier molecular flexibility index (Phi) is 1.15. The van der Waals surface area contributed by atoms with Gasteiger partial charge in [0.1, 0.15) is 6.26 Å². The SMILES string of the molecule is Nc1nnc(-c2ccoc2)o1. The molecular formula is C6H5N3O2. The van der Waals surface area contributed by atoms with Gasteiger partial charge < -0.3 is 14.6 Å². The maximum absolute atomic E-state index is 5.21. The van der Waals surface area contributed by atoms with E-state index in [1.807, 2.05) is 0 Å². The number of nitrogens with zero attached hydrogens (tertiary/aromatic N) is 2. The number of anilines is 1. The molecule has 2 N–H and O–H groups in total. The summed E-state index contributed by atoms with van der Waals surface area (Å²) in [6.45, 7) is 0. The largest absolute Gasteiger partial charge is 0.472 e. The third-order valence-electron chi connectivity index (χ3n) is 1.21. The lowest BCUT2D eigenvalue weighted by Crippen LogP contribution is -1.81. The van der Waals surface area contributed by atoms with Gasteiger partial charge in [-0.3, -0.25) is 0 Å². The third-order valence-corrected chi connectivity index (χ3v) is 1.21. The van der Waals surface area contributed by atoms with Crippen LogP contribution in [0.3, 0.4) is 0 Å². The first-order valence-corrected chi connectivity index (χ1v) is 2.98. The van der Waals surface area contributed by atoms with Crippen molar-refractivity contribution in [3.8, 4) is 11.5 Å². The van der Waals surface area contributed by atoms with E-state index in [9.17, 15) is 0 Å². The topological polar surface area (TPSA) is 78.1 Å². The fraction of sp³-hybridized carbons (Fsp3) is 0.